The Labute approximate surface area is 176 Å². The number of ether oxygens (including phenoxy) is 1. The Bertz CT molecular complexity index is 1030. The Morgan fingerprint density at radius 3 is 2.60 bits per heavy atom. The summed E-state index contributed by atoms with van der Waals surface area (Å²) in [6.45, 7) is 3.08. The maximum Gasteiger partial charge on any atom is 0.257 e. The number of benzene rings is 1. The summed E-state index contributed by atoms with van der Waals surface area (Å²) in [5, 5.41) is 2.84. The highest BCUT2D eigenvalue weighted by Gasteiger charge is 2.20. The Hall–Kier alpha value is -3.25. The molecule has 0 spiro atoms. The van der Waals surface area contributed by atoms with Crippen LogP contribution in [0.15, 0.2) is 65.7 Å². The second-order valence-electron chi connectivity index (χ2n) is 7.19. The van der Waals surface area contributed by atoms with Gasteiger partial charge in [0.1, 0.15) is 5.56 Å². The van der Waals surface area contributed by atoms with Gasteiger partial charge in [0.2, 0.25) is 0 Å². The van der Waals surface area contributed by atoms with E-state index < -0.39 is 5.91 Å². The Balaban J connectivity index is 1.82. The summed E-state index contributed by atoms with van der Waals surface area (Å²) >= 11 is 0. The minimum absolute atomic E-state index is 0.144. The van der Waals surface area contributed by atoms with E-state index in [1.807, 2.05) is 41.8 Å². The van der Waals surface area contributed by atoms with Crippen LogP contribution in [0.3, 0.4) is 0 Å². The number of carbonyl (C=O) groups excluding carboxylic acids is 1. The highest BCUT2D eigenvalue weighted by Crippen LogP contribution is 2.13. The fraction of sp³-hybridized carbons (Fsp3) is 0.292. The molecule has 3 aromatic rings. The molecule has 0 saturated carbocycles. The number of hydrogen-bond donors (Lipinski definition) is 1. The van der Waals surface area contributed by atoms with Crippen molar-refractivity contribution in [3.8, 4) is 0 Å². The number of methoxy groups -OCH3 is 1. The van der Waals surface area contributed by atoms with Gasteiger partial charge in [-0.05, 0) is 37.0 Å². The number of hydrogen-bond acceptors (Lipinski definition) is 4. The number of pyridine rings is 2. The first-order valence-corrected chi connectivity index (χ1v) is 10.0. The van der Waals surface area contributed by atoms with Crippen molar-refractivity contribution in [1.82, 2.24) is 14.9 Å². The summed E-state index contributed by atoms with van der Waals surface area (Å²) in [4.78, 5) is 29.6. The summed E-state index contributed by atoms with van der Waals surface area (Å²) in [6.07, 6.45) is 5.17. The van der Waals surface area contributed by atoms with E-state index in [0.717, 1.165) is 24.1 Å². The van der Waals surface area contributed by atoms with Crippen LogP contribution < -0.4 is 10.7 Å². The van der Waals surface area contributed by atoms with E-state index >= 15 is 0 Å². The number of nitrogens with zero attached hydrogens (tertiary/aromatic N) is 2. The van der Waals surface area contributed by atoms with Gasteiger partial charge in [-0.15, -0.1) is 0 Å². The highest BCUT2D eigenvalue weighted by atomic mass is 16.5. The molecule has 156 valence electrons. The maximum absolute atomic E-state index is 12.9. The molecule has 2 aromatic heterocycles. The van der Waals surface area contributed by atoms with Crippen molar-refractivity contribution in [2.75, 3.05) is 7.11 Å². The van der Waals surface area contributed by atoms with Crippen molar-refractivity contribution < 1.29 is 9.53 Å². The van der Waals surface area contributed by atoms with Gasteiger partial charge in [0.05, 0.1) is 12.3 Å². The van der Waals surface area contributed by atoms with Gasteiger partial charge < -0.3 is 14.6 Å². The van der Waals surface area contributed by atoms with Gasteiger partial charge in [-0.1, -0.05) is 36.4 Å². The molecule has 3 rings (SSSR count). The molecule has 2 heterocycles. The molecule has 0 radical (unpaired) electrons. The molecule has 0 fully saturated rings. The molecule has 0 aliphatic rings. The van der Waals surface area contributed by atoms with E-state index in [-0.39, 0.29) is 17.6 Å². The van der Waals surface area contributed by atoms with E-state index in [1.54, 1.807) is 19.5 Å². The smallest absolute Gasteiger partial charge is 0.257 e. The number of nitrogens with one attached hydrogen (secondary N) is 1. The van der Waals surface area contributed by atoms with E-state index in [4.69, 9.17) is 4.74 Å². The first-order valence-electron chi connectivity index (χ1n) is 10.0. The van der Waals surface area contributed by atoms with Gasteiger partial charge in [0.15, 0.2) is 5.43 Å². The summed E-state index contributed by atoms with van der Waals surface area (Å²) < 4.78 is 7.37. The van der Waals surface area contributed by atoms with Gasteiger partial charge in [-0.2, -0.15) is 0 Å². The summed E-state index contributed by atoms with van der Waals surface area (Å²) in [5.74, 6) is -0.396. The first-order chi connectivity index (χ1) is 14.6. The molecule has 6 heteroatoms. The minimum atomic E-state index is -0.396. The largest absolute Gasteiger partial charge is 0.378 e. The molecular formula is C24H27N3O3. The van der Waals surface area contributed by atoms with Crippen LogP contribution in [0.25, 0.3) is 0 Å². The van der Waals surface area contributed by atoms with Crippen LogP contribution in [0.5, 0.6) is 0 Å². The SMILES string of the molecule is COCc1c(C(=O)NCc2cccnc2)c(=O)cc(C)n1CCCc1ccccc1. The third-order valence-electron chi connectivity index (χ3n) is 5.00. The molecule has 30 heavy (non-hydrogen) atoms. The summed E-state index contributed by atoms with van der Waals surface area (Å²) in [5.41, 5.74) is 3.42. The Morgan fingerprint density at radius 1 is 1.13 bits per heavy atom. The average Bonchev–Trinajstić information content (AvgIpc) is 2.76. The lowest BCUT2D eigenvalue weighted by atomic mass is 10.1. The zero-order chi connectivity index (χ0) is 21.3. The number of carbonyl (C=O) groups is 1. The van der Waals surface area contributed by atoms with Crippen LogP contribution in [-0.4, -0.2) is 22.6 Å². The lowest BCUT2D eigenvalue weighted by molar-refractivity contribution is 0.0942. The number of aryl methyl sites for hydroxylation is 2. The maximum atomic E-state index is 12.9. The molecule has 0 aliphatic heterocycles. The molecule has 1 N–H and O–H groups in total. The third-order valence-corrected chi connectivity index (χ3v) is 5.00. The van der Waals surface area contributed by atoms with Crippen LogP contribution in [-0.2, 0) is 30.9 Å². The van der Waals surface area contributed by atoms with Crippen LogP contribution >= 0.6 is 0 Å². The fourth-order valence-electron chi connectivity index (χ4n) is 3.53. The number of aromatic nitrogens is 2. The minimum Gasteiger partial charge on any atom is -0.378 e. The topological polar surface area (TPSA) is 73.2 Å². The van der Waals surface area contributed by atoms with Crippen molar-refractivity contribution in [2.24, 2.45) is 0 Å². The number of rotatable bonds is 9. The normalized spacial score (nSPS) is 10.7. The second-order valence-corrected chi connectivity index (χ2v) is 7.19. The summed E-state index contributed by atoms with van der Waals surface area (Å²) in [6, 6.07) is 15.5. The molecular weight excluding hydrogens is 378 g/mol. The monoisotopic (exact) mass is 405 g/mol. The van der Waals surface area contributed by atoms with Gasteiger partial charge >= 0.3 is 0 Å². The molecule has 6 nitrogen and oxygen atoms in total. The van der Waals surface area contributed by atoms with Gasteiger partial charge in [-0.3, -0.25) is 14.6 Å². The van der Waals surface area contributed by atoms with Crippen molar-refractivity contribution in [3.05, 3.63) is 99.2 Å². The third kappa shape index (κ3) is 5.42. The zero-order valence-electron chi connectivity index (χ0n) is 17.4. The zero-order valence-corrected chi connectivity index (χ0v) is 17.4. The second kappa shape index (κ2) is 10.5. The van der Waals surface area contributed by atoms with E-state index in [9.17, 15) is 9.59 Å². The molecule has 0 aliphatic carbocycles. The lowest BCUT2D eigenvalue weighted by Gasteiger charge is -2.19. The lowest BCUT2D eigenvalue weighted by Crippen LogP contribution is -2.32. The van der Waals surface area contributed by atoms with E-state index in [2.05, 4.69) is 22.4 Å². The van der Waals surface area contributed by atoms with Gasteiger partial charge in [0, 0.05) is 44.4 Å². The average molecular weight is 405 g/mol. The molecule has 0 unspecified atom stereocenters. The van der Waals surface area contributed by atoms with Crippen LogP contribution in [0.2, 0.25) is 0 Å². The standard InChI is InChI=1S/C24H27N3O3/c1-18-14-22(28)23(24(29)26-16-20-10-6-12-25-15-20)21(17-30-2)27(18)13-7-11-19-8-4-3-5-9-19/h3-6,8-10,12,14-15H,7,11,13,16-17H2,1-2H3,(H,26,29). The Kier molecular flexibility index (Phi) is 7.51. The van der Waals surface area contributed by atoms with Crippen LogP contribution in [0.1, 0.15) is 39.3 Å². The highest BCUT2D eigenvalue weighted by molar-refractivity contribution is 5.95. The van der Waals surface area contributed by atoms with Crippen molar-refractivity contribution in [1.29, 1.82) is 0 Å². The van der Waals surface area contributed by atoms with Gasteiger partial charge in [-0.25, -0.2) is 0 Å². The summed E-state index contributed by atoms with van der Waals surface area (Å²) in [7, 11) is 1.57. The molecule has 1 aromatic carbocycles. The molecule has 0 atom stereocenters. The quantitative estimate of drug-likeness (QED) is 0.593. The van der Waals surface area contributed by atoms with E-state index in [1.165, 1.54) is 11.6 Å². The van der Waals surface area contributed by atoms with Gasteiger partial charge in [0.25, 0.3) is 5.91 Å². The predicted molar refractivity (Wildman–Crippen MR) is 116 cm³/mol. The van der Waals surface area contributed by atoms with Crippen LogP contribution in [0.4, 0.5) is 0 Å². The van der Waals surface area contributed by atoms with Crippen molar-refractivity contribution in [2.45, 2.75) is 39.5 Å². The van der Waals surface area contributed by atoms with Crippen molar-refractivity contribution >= 4 is 5.91 Å². The molecule has 0 bridgehead atoms. The number of amides is 1. The van der Waals surface area contributed by atoms with Crippen molar-refractivity contribution in [3.63, 3.8) is 0 Å². The molecule has 1 amide bonds. The first kappa shape index (κ1) is 21.5. The fourth-order valence-corrected chi connectivity index (χ4v) is 3.53. The van der Waals surface area contributed by atoms with Crippen LogP contribution in [0, 0.1) is 6.92 Å². The predicted octanol–water partition coefficient (Wildman–Crippen LogP) is 3.26. The van der Waals surface area contributed by atoms with E-state index in [0.29, 0.717) is 18.8 Å². The Morgan fingerprint density at radius 2 is 1.90 bits per heavy atom. The molecule has 0 saturated heterocycles.